The van der Waals surface area contributed by atoms with Crippen LogP contribution >= 0.6 is 0 Å². The zero-order valence-electron chi connectivity index (χ0n) is 13.7. The van der Waals surface area contributed by atoms with E-state index in [1.165, 1.54) is 7.11 Å². The number of hydrogen-bond donors (Lipinski definition) is 0. The monoisotopic (exact) mass is 389 g/mol. The minimum atomic E-state index is -4.49. The standard InChI is InChI=1S/C16H14F3NO5S/c1-24-15-6-4-11(8-14(15)19)26(22,23)20(9-16(21)25-2)10-3-5-12(17)13(18)7-10/h3-8H,9H2,1-2H3. The predicted octanol–water partition coefficient (Wildman–Crippen LogP) is 2.48. The molecule has 26 heavy (non-hydrogen) atoms. The van der Waals surface area contributed by atoms with E-state index in [1.807, 2.05) is 0 Å². The third-order valence-electron chi connectivity index (χ3n) is 3.40. The van der Waals surface area contributed by atoms with Crippen molar-refractivity contribution in [2.75, 3.05) is 25.1 Å². The summed E-state index contributed by atoms with van der Waals surface area (Å²) < 4.78 is 75.9. The molecule has 0 aromatic heterocycles. The molecule has 0 unspecified atom stereocenters. The molecule has 0 bridgehead atoms. The van der Waals surface area contributed by atoms with Gasteiger partial charge in [-0.1, -0.05) is 0 Å². The maximum absolute atomic E-state index is 13.9. The van der Waals surface area contributed by atoms with E-state index in [0.717, 1.165) is 25.3 Å². The number of carbonyl (C=O) groups is 1. The van der Waals surface area contributed by atoms with E-state index in [1.54, 1.807) is 0 Å². The van der Waals surface area contributed by atoms with E-state index in [9.17, 15) is 26.4 Å². The van der Waals surface area contributed by atoms with Crippen LogP contribution in [0.15, 0.2) is 41.3 Å². The topological polar surface area (TPSA) is 72.9 Å². The molecule has 0 atom stereocenters. The molecule has 2 aromatic rings. The van der Waals surface area contributed by atoms with Crippen molar-refractivity contribution >= 4 is 21.7 Å². The lowest BCUT2D eigenvalue weighted by molar-refractivity contribution is -0.138. The largest absolute Gasteiger partial charge is 0.494 e. The number of rotatable bonds is 6. The number of sulfonamides is 1. The predicted molar refractivity (Wildman–Crippen MR) is 85.9 cm³/mol. The van der Waals surface area contributed by atoms with Crippen LogP contribution in [0.5, 0.6) is 5.75 Å². The zero-order valence-corrected chi connectivity index (χ0v) is 14.5. The summed E-state index contributed by atoms with van der Waals surface area (Å²) in [6.07, 6.45) is 0. The number of esters is 1. The molecule has 0 N–H and O–H groups in total. The quantitative estimate of drug-likeness (QED) is 0.710. The van der Waals surface area contributed by atoms with Gasteiger partial charge in [-0.3, -0.25) is 9.10 Å². The molecule has 0 saturated carbocycles. The van der Waals surface area contributed by atoms with Crippen LogP contribution < -0.4 is 9.04 Å². The summed E-state index contributed by atoms with van der Waals surface area (Å²) in [6, 6.07) is 5.12. The van der Waals surface area contributed by atoms with Crippen LogP contribution in [-0.4, -0.2) is 35.2 Å². The average Bonchev–Trinajstić information content (AvgIpc) is 2.61. The Labute approximate surface area is 147 Å². The van der Waals surface area contributed by atoms with Crippen LogP contribution in [0.4, 0.5) is 18.9 Å². The summed E-state index contributed by atoms with van der Waals surface area (Å²) in [7, 11) is -2.25. The molecule has 0 heterocycles. The van der Waals surface area contributed by atoms with Gasteiger partial charge in [-0.2, -0.15) is 0 Å². The van der Waals surface area contributed by atoms with Crippen LogP contribution in [0.25, 0.3) is 0 Å². The first-order chi connectivity index (χ1) is 12.2. The summed E-state index contributed by atoms with van der Waals surface area (Å²) in [4.78, 5) is 11.1. The van der Waals surface area contributed by atoms with Crippen molar-refractivity contribution in [3.63, 3.8) is 0 Å². The molecule has 2 aromatic carbocycles. The molecule has 0 aliphatic rings. The molecule has 6 nitrogen and oxygen atoms in total. The van der Waals surface area contributed by atoms with E-state index >= 15 is 0 Å². The highest BCUT2D eigenvalue weighted by Gasteiger charge is 2.29. The molecule has 0 radical (unpaired) electrons. The summed E-state index contributed by atoms with van der Waals surface area (Å²) in [5.74, 6) is -4.59. The molecular formula is C16H14F3NO5S. The number of methoxy groups -OCH3 is 2. The van der Waals surface area contributed by atoms with Crippen LogP contribution in [0.3, 0.4) is 0 Å². The fourth-order valence-electron chi connectivity index (χ4n) is 2.07. The van der Waals surface area contributed by atoms with Crippen LogP contribution in [0.1, 0.15) is 0 Å². The third-order valence-corrected chi connectivity index (χ3v) is 5.17. The third kappa shape index (κ3) is 3.90. The van der Waals surface area contributed by atoms with Crippen molar-refractivity contribution < 1.29 is 35.9 Å². The summed E-state index contributed by atoms with van der Waals surface area (Å²) in [5.41, 5.74) is -0.328. The SMILES string of the molecule is COC(=O)CN(c1ccc(F)c(F)c1)S(=O)(=O)c1ccc(OC)c(F)c1. The highest BCUT2D eigenvalue weighted by molar-refractivity contribution is 7.92. The molecule has 2 rings (SSSR count). The van der Waals surface area contributed by atoms with Gasteiger partial charge in [0.1, 0.15) is 6.54 Å². The molecule has 0 aliphatic carbocycles. The molecule has 0 amide bonds. The average molecular weight is 389 g/mol. The van der Waals surface area contributed by atoms with Crippen molar-refractivity contribution in [2.24, 2.45) is 0 Å². The Kier molecular flexibility index (Phi) is 5.76. The molecule has 140 valence electrons. The normalized spacial score (nSPS) is 11.1. The van der Waals surface area contributed by atoms with Gasteiger partial charge in [0, 0.05) is 6.07 Å². The number of anilines is 1. The Balaban J connectivity index is 2.57. The van der Waals surface area contributed by atoms with E-state index in [-0.39, 0.29) is 11.4 Å². The Bertz CT molecular complexity index is 933. The maximum atomic E-state index is 13.9. The Hall–Kier alpha value is -2.75. The molecule has 0 aliphatic heterocycles. The van der Waals surface area contributed by atoms with Gasteiger partial charge < -0.3 is 9.47 Å². The van der Waals surface area contributed by atoms with Crippen molar-refractivity contribution in [2.45, 2.75) is 4.90 Å². The minimum Gasteiger partial charge on any atom is -0.494 e. The van der Waals surface area contributed by atoms with E-state index in [0.29, 0.717) is 22.5 Å². The highest BCUT2D eigenvalue weighted by atomic mass is 32.2. The van der Waals surface area contributed by atoms with Crippen molar-refractivity contribution in [3.05, 3.63) is 53.8 Å². The van der Waals surface area contributed by atoms with Gasteiger partial charge in [-0.05, 0) is 30.3 Å². The van der Waals surface area contributed by atoms with Crippen molar-refractivity contribution in [1.29, 1.82) is 0 Å². The molecule has 0 fully saturated rings. The lowest BCUT2D eigenvalue weighted by Gasteiger charge is -2.23. The van der Waals surface area contributed by atoms with Crippen molar-refractivity contribution in [1.82, 2.24) is 0 Å². The Morgan fingerprint density at radius 2 is 1.69 bits per heavy atom. The summed E-state index contributed by atoms with van der Waals surface area (Å²) in [5, 5.41) is 0. The number of hydrogen-bond acceptors (Lipinski definition) is 5. The molecular weight excluding hydrogens is 375 g/mol. The van der Waals surface area contributed by atoms with E-state index in [2.05, 4.69) is 4.74 Å². The van der Waals surface area contributed by atoms with Crippen molar-refractivity contribution in [3.8, 4) is 5.75 Å². The minimum absolute atomic E-state index is 0.184. The lowest BCUT2D eigenvalue weighted by Crippen LogP contribution is -2.36. The molecule has 0 saturated heterocycles. The van der Waals surface area contributed by atoms with Crippen LogP contribution in [0.2, 0.25) is 0 Å². The second kappa shape index (κ2) is 7.65. The number of halogens is 3. The lowest BCUT2D eigenvalue weighted by atomic mass is 10.3. The fraction of sp³-hybridized carbons (Fsp3) is 0.188. The Morgan fingerprint density at radius 3 is 2.23 bits per heavy atom. The van der Waals surface area contributed by atoms with Gasteiger partial charge >= 0.3 is 5.97 Å². The zero-order chi connectivity index (χ0) is 19.5. The number of benzene rings is 2. The smallest absolute Gasteiger partial charge is 0.326 e. The number of carbonyl (C=O) groups excluding carboxylic acids is 1. The summed E-state index contributed by atoms with van der Waals surface area (Å²) >= 11 is 0. The summed E-state index contributed by atoms with van der Waals surface area (Å²) in [6.45, 7) is -0.822. The van der Waals surface area contributed by atoms with E-state index < -0.39 is 44.9 Å². The second-order valence-electron chi connectivity index (χ2n) is 4.98. The molecule has 10 heteroatoms. The van der Waals surface area contributed by atoms with Gasteiger partial charge in [-0.15, -0.1) is 0 Å². The van der Waals surface area contributed by atoms with Gasteiger partial charge in [0.25, 0.3) is 10.0 Å². The number of nitrogens with zero attached hydrogens (tertiary/aromatic N) is 1. The van der Waals surface area contributed by atoms with Gasteiger partial charge in [0.2, 0.25) is 0 Å². The fourth-order valence-corrected chi connectivity index (χ4v) is 3.49. The van der Waals surface area contributed by atoms with Crippen LogP contribution in [-0.2, 0) is 19.6 Å². The molecule has 0 spiro atoms. The van der Waals surface area contributed by atoms with Gasteiger partial charge in [0.05, 0.1) is 24.8 Å². The van der Waals surface area contributed by atoms with Crippen LogP contribution in [0, 0.1) is 17.5 Å². The second-order valence-corrected chi connectivity index (χ2v) is 6.84. The first-order valence-corrected chi connectivity index (χ1v) is 8.53. The van der Waals surface area contributed by atoms with E-state index in [4.69, 9.17) is 4.74 Å². The van der Waals surface area contributed by atoms with Gasteiger partial charge in [-0.25, -0.2) is 21.6 Å². The maximum Gasteiger partial charge on any atom is 0.326 e. The number of ether oxygens (including phenoxy) is 2. The first kappa shape index (κ1) is 19.6. The first-order valence-electron chi connectivity index (χ1n) is 7.09. The Morgan fingerprint density at radius 1 is 1.00 bits per heavy atom. The highest BCUT2D eigenvalue weighted by Crippen LogP contribution is 2.28. The van der Waals surface area contributed by atoms with Gasteiger partial charge in [0.15, 0.2) is 23.2 Å².